The van der Waals surface area contributed by atoms with Crippen LogP contribution in [0.1, 0.15) is 0 Å². The molecule has 0 spiro atoms. The standard InChI is InChI=1S/C7H4ClNO.ClH/c8-7-9-5-3-1-2-4-6(5)10-7;/h1-4H;1H. The average Bonchev–Trinajstić information content (AvgIpc) is 2.27. The zero-order valence-electron chi connectivity index (χ0n) is 5.45. The molecule has 4 heteroatoms. The highest BCUT2D eigenvalue weighted by atomic mass is 35.5. The van der Waals surface area contributed by atoms with Crippen LogP contribution in [0.4, 0.5) is 0 Å². The Kier molecular flexibility index (Phi) is 2.37. The number of para-hydroxylation sites is 2. The van der Waals surface area contributed by atoms with Crippen molar-refractivity contribution >= 4 is 35.1 Å². The van der Waals surface area contributed by atoms with Gasteiger partial charge in [-0.05, 0) is 23.7 Å². The number of halogens is 2. The van der Waals surface area contributed by atoms with Gasteiger partial charge in [0.05, 0.1) is 0 Å². The molecular formula is C7H5Cl2NO. The molecule has 1 heterocycles. The molecule has 0 saturated carbocycles. The van der Waals surface area contributed by atoms with Crippen LogP contribution < -0.4 is 0 Å². The smallest absolute Gasteiger partial charge is 0.293 e. The summed E-state index contributed by atoms with van der Waals surface area (Å²) < 4.78 is 5.02. The summed E-state index contributed by atoms with van der Waals surface area (Å²) >= 11 is 5.51. The van der Waals surface area contributed by atoms with Crippen LogP contribution in [-0.4, -0.2) is 4.98 Å². The zero-order chi connectivity index (χ0) is 6.97. The molecule has 0 atom stereocenters. The van der Waals surface area contributed by atoms with Crippen LogP contribution in [-0.2, 0) is 0 Å². The molecule has 2 nitrogen and oxygen atoms in total. The van der Waals surface area contributed by atoms with Gasteiger partial charge in [0.1, 0.15) is 5.52 Å². The molecule has 0 saturated heterocycles. The minimum Gasteiger partial charge on any atom is -0.428 e. The summed E-state index contributed by atoms with van der Waals surface area (Å²) in [5, 5.41) is 0.196. The monoisotopic (exact) mass is 189 g/mol. The third-order valence-corrected chi connectivity index (χ3v) is 1.43. The molecule has 0 N–H and O–H groups in total. The first-order chi connectivity index (χ1) is 4.86. The normalized spacial score (nSPS) is 9.55. The van der Waals surface area contributed by atoms with E-state index in [1.165, 1.54) is 0 Å². The molecular weight excluding hydrogens is 185 g/mol. The molecule has 0 radical (unpaired) electrons. The van der Waals surface area contributed by atoms with Gasteiger partial charge in [-0.2, -0.15) is 4.98 Å². The fraction of sp³-hybridized carbons (Fsp3) is 0. The van der Waals surface area contributed by atoms with Gasteiger partial charge in [0.15, 0.2) is 5.58 Å². The second-order valence-corrected chi connectivity index (χ2v) is 2.26. The predicted octanol–water partition coefficient (Wildman–Crippen LogP) is 2.90. The van der Waals surface area contributed by atoms with Crippen molar-refractivity contribution in [1.82, 2.24) is 4.98 Å². The molecule has 11 heavy (non-hydrogen) atoms. The van der Waals surface area contributed by atoms with Crippen LogP contribution in [0.2, 0.25) is 5.35 Å². The Labute approximate surface area is 74.6 Å². The number of aromatic nitrogens is 1. The summed E-state index contributed by atoms with van der Waals surface area (Å²) in [4.78, 5) is 3.91. The highest BCUT2D eigenvalue weighted by Crippen LogP contribution is 2.17. The van der Waals surface area contributed by atoms with Gasteiger partial charge in [0, 0.05) is 0 Å². The van der Waals surface area contributed by atoms with Gasteiger partial charge in [-0.15, -0.1) is 12.4 Å². The Morgan fingerprint density at radius 1 is 1.27 bits per heavy atom. The number of nitrogens with zero attached hydrogens (tertiary/aromatic N) is 1. The third-order valence-electron chi connectivity index (χ3n) is 1.27. The van der Waals surface area contributed by atoms with Crippen molar-refractivity contribution in [2.24, 2.45) is 0 Å². The first kappa shape index (κ1) is 8.37. The Balaban J connectivity index is 0.000000605. The van der Waals surface area contributed by atoms with Gasteiger partial charge in [-0.25, -0.2) is 0 Å². The van der Waals surface area contributed by atoms with E-state index in [1.54, 1.807) is 0 Å². The van der Waals surface area contributed by atoms with Crippen LogP contribution in [0.3, 0.4) is 0 Å². The van der Waals surface area contributed by atoms with Crippen LogP contribution in [0, 0.1) is 0 Å². The van der Waals surface area contributed by atoms with E-state index in [4.69, 9.17) is 16.0 Å². The number of hydrogen-bond acceptors (Lipinski definition) is 2. The lowest BCUT2D eigenvalue weighted by atomic mass is 10.3. The highest BCUT2D eigenvalue weighted by Gasteiger charge is 1.99. The number of oxazole rings is 1. The molecule has 0 bridgehead atoms. The van der Waals surface area contributed by atoms with E-state index in [-0.39, 0.29) is 17.8 Å². The summed E-state index contributed by atoms with van der Waals surface area (Å²) in [5.41, 5.74) is 1.53. The Bertz CT molecular complexity index is 325. The summed E-state index contributed by atoms with van der Waals surface area (Å²) in [5.74, 6) is 0. The van der Waals surface area contributed by atoms with E-state index < -0.39 is 0 Å². The van der Waals surface area contributed by atoms with E-state index in [9.17, 15) is 0 Å². The maximum atomic E-state index is 5.51. The summed E-state index contributed by atoms with van der Waals surface area (Å²) in [6.45, 7) is 0. The van der Waals surface area contributed by atoms with Crippen molar-refractivity contribution < 1.29 is 4.42 Å². The van der Waals surface area contributed by atoms with Gasteiger partial charge in [0.25, 0.3) is 5.35 Å². The SMILES string of the molecule is Cl.Clc1nc2ccccc2o1. The minimum absolute atomic E-state index is 0. The van der Waals surface area contributed by atoms with Crippen molar-refractivity contribution in [3.8, 4) is 0 Å². The molecule has 1 aromatic carbocycles. The molecule has 0 amide bonds. The fourth-order valence-corrected chi connectivity index (χ4v) is 1.02. The summed E-state index contributed by atoms with van der Waals surface area (Å²) in [6.07, 6.45) is 0. The zero-order valence-corrected chi connectivity index (χ0v) is 7.02. The second-order valence-electron chi connectivity index (χ2n) is 1.93. The maximum absolute atomic E-state index is 5.51. The first-order valence-electron chi connectivity index (χ1n) is 2.87. The lowest BCUT2D eigenvalue weighted by molar-refractivity contribution is 0.604. The average molecular weight is 190 g/mol. The van der Waals surface area contributed by atoms with Gasteiger partial charge in [0.2, 0.25) is 0 Å². The highest BCUT2D eigenvalue weighted by molar-refractivity contribution is 6.28. The van der Waals surface area contributed by atoms with E-state index in [2.05, 4.69) is 4.98 Å². The van der Waals surface area contributed by atoms with Crippen molar-refractivity contribution in [1.29, 1.82) is 0 Å². The minimum atomic E-state index is 0. The predicted molar refractivity (Wildman–Crippen MR) is 46.3 cm³/mol. The van der Waals surface area contributed by atoms with Gasteiger partial charge >= 0.3 is 0 Å². The molecule has 0 aliphatic heterocycles. The number of benzene rings is 1. The molecule has 2 aromatic rings. The van der Waals surface area contributed by atoms with E-state index >= 15 is 0 Å². The number of hydrogen-bond donors (Lipinski definition) is 0. The van der Waals surface area contributed by atoms with Crippen molar-refractivity contribution in [2.75, 3.05) is 0 Å². The summed E-state index contributed by atoms with van der Waals surface area (Å²) in [6, 6.07) is 7.45. The van der Waals surface area contributed by atoms with E-state index in [0.717, 1.165) is 11.1 Å². The maximum Gasteiger partial charge on any atom is 0.293 e. The van der Waals surface area contributed by atoms with Crippen LogP contribution >= 0.6 is 24.0 Å². The molecule has 2 rings (SSSR count). The van der Waals surface area contributed by atoms with Crippen LogP contribution in [0.15, 0.2) is 28.7 Å². The molecule has 58 valence electrons. The van der Waals surface area contributed by atoms with E-state index in [0.29, 0.717) is 0 Å². The Morgan fingerprint density at radius 3 is 2.73 bits per heavy atom. The lowest BCUT2D eigenvalue weighted by Crippen LogP contribution is -1.62. The molecule has 0 unspecified atom stereocenters. The second kappa shape index (κ2) is 3.11. The van der Waals surface area contributed by atoms with E-state index in [1.807, 2.05) is 24.3 Å². The van der Waals surface area contributed by atoms with Crippen molar-refractivity contribution in [2.45, 2.75) is 0 Å². The van der Waals surface area contributed by atoms with Crippen molar-refractivity contribution in [3.63, 3.8) is 0 Å². The van der Waals surface area contributed by atoms with Gasteiger partial charge < -0.3 is 4.42 Å². The van der Waals surface area contributed by atoms with Crippen molar-refractivity contribution in [3.05, 3.63) is 29.6 Å². The summed E-state index contributed by atoms with van der Waals surface area (Å²) in [7, 11) is 0. The lowest BCUT2D eigenvalue weighted by Gasteiger charge is -1.79. The van der Waals surface area contributed by atoms with Crippen LogP contribution in [0.25, 0.3) is 11.1 Å². The quantitative estimate of drug-likeness (QED) is 0.638. The fourth-order valence-electron chi connectivity index (χ4n) is 0.844. The third kappa shape index (κ3) is 1.47. The first-order valence-corrected chi connectivity index (χ1v) is 3.25. The Morgan fingerprint density at radius 2 is 2.00 bits per heavy atom. The van der Waals surface area contributed by atoms with Crippen LogP contribution in [0.5, 0.6) is 0 Å². The molecule has 0 fully saturated rings. The van der Waals surface area contributed by atoms with Gasteiger partial charge in [-0.1, -0.05) is 12.1 Å². The van der Waals surface area contributed by atoms with Gasteiger partial charge in [-0.3, -0.25) is 0 Å². The topological polar surface area (TPSA) is 26.0 Å². The Hall–Kier alpha value is -0.730. The molecule has 0 aliphatic carbocycles. The number of rotatable bonds is 0. The molecule has 0 aliphatic rings. The largest absolute Gasteiger partial charge is 0.428 e. The molecule has 1 aromatic heterocycles. The number of fused-ring (bicyclic) bond motifs is 1.